The maximum atomic E-state index is 9.37. The SMILES string of the molecule is OCCCc1nccn1C(c1ccccc1)(c1ccccc1)c1ccccc1. The molecule has 0 amide bonds. The summed E-state index contributed by atoms with van der Waals surface area (Å²) in [6, 6.07) is 31.7. The van der Waals surface area contributed by atoms with E-state index < -0.39 is 5.54 Å². The van der Waals surface area contributed by atoms with Crippen molar-refractivity contribution >= 4 is 0 Å². The van der Waals surface area contributed by atoms with Crippen molar-refractivity contribution in [1.82, 2.24) is 9.55 Å². The quantitative estimate of drug-likeness (QED) is 0.482. The van der Waals surface area contributed by atoms with Crippen molar-refractivity contribution < 1.29 is 5.11 Å². The van der Waals surface area contributed by atoms with Gasteiger partial charge in [-0.2, -0.15) is 0 Å². The molecule has 0 unspecified atom stereocenters. The van der Waals surface area contributed by atoms with Crippen molar-refractivity contribution in [2.24, 2.45) is 0 Å². The van der Waals surface area contributed by atoms with Crippen molar-refractivity contribution in [1.29, 1.82) is 0 Å². The Labute approximate surface area is 165 Å². The van der Waals surface area contributed by atoms with Crippen molar-refractivity contribution in [3.05, 3.63) is 126 Å². The molecule has 1 N–H and O–H groups in total. The molecule has 4 rings (SSSR count). The Morgan fingerprint density at radius 2 is 1.18 bits per heavy atom. The molecular formula is C25H24N2O. The number of imidazole rings is 1. The molecule has 0 bridgehead atoms. The largest absolute Gasteiger partial charge is 0.396 e. The first kappa shape index (κ1) is 18.2. The van der Waals surface area contributed by atoms with Gasteiger partial charge in [0.05, 0.1) is 0 Å². The summed E-state index contributed by atoms with van der Waals surface area (Å²) in [5.41, 5.74) is 2.99. The molecule has 3 heteroatoms. The zero-order valence-corrected chi connectivity index (χ0v) is 15.8. The molecule has 4 aromatic rings. The molecule has 0 atom stereocenters. The Kier molecular flexibility index (Phi) is 5.36. The molecule has 140 valence electrons. The summed E-state index contributed by atoms with van der Waals surface area (Å²) in [4.78, 5) is 4.65. The van der Waals surface area contributed by atoms with Crippen molar-refractivity contribution in [3.8, 4) is 0 Å². The van der Waals surface area contributed by atoms with Gasteiger partial charge in [0.25, 0.3) is 0 Å². The molecule has 0 fully saturated rings. The first-order valence-electron chi connectivity index (χ1n) is 9.67. The number of nitrogens with zero attached hydrogens (tertiary/aromatic N) is 2. The fourth-order valence-corrected chi connectivity index (χ4v) is 4.02. The van der Waals surface area contributed by atoms with Crippen LogP contribution in [0.15, 0.2) is 103 Å². The number of aryl methyl sites for hydroxylation is 1. The first-order valence-corrected chi connectivity index (χ1v) is 9.67. The van der Waals surface area contributed by atoms with Gasteiger partial charge in [0.1, 0.15) is 11.4 Å². The lowest BCUT2D eigenvalue weighted by Gasteiger charge is -2.38. The minimum atomic E-state index is -0.537. The van der Waals surface area contributed by atoms with E-state index in [2.05, 4.69) is 88.5 Å². The number of hydrogen-bond donors (Lipinski definition) is 1. The maximum Gasteiger partial charge on any atom is 0.121 e. The van der Waals surface area contributed by atoms with E-state index in [1.54, 1.807) is 0 Å². The Hall–Kier alpha value is -3.17. The van der Waals surface area contributed by atoms with Crippen molar-refractivity contribution in [3.63, 3.8) is 0 Å². The number of aliphatic hydroxyl groups excluding tert-OH is 1. The van der Waals surface area contributed by atoms with Crippen molar-refractivity contribution in [2.45, 2.75) is 18.4 Å². The summed E-state index contributed by atoms with van der Waals surface area (Å²) in [6.45, 7) is 0.155. The molecule has 0 aliphatic carbocycles. The van der Waals surface area contributed by atoms with Crippen LogP contribution in [-0.4, -0.2) is 21.3 Å². The summed E-state index contributed by atoms with van der Waals surface area (Å²) < 4.78 is 2.27. The van der Waals surface area contributed by atoms with Crippen LogP contribution in [0.3, 0.4) is 0 Å². The first-order chi connectivity index (χ1) is 13.9. The lowest BCUT2D eigenvalue weighted by Crippen LogP contribution is -2.38. The average molecular weight is 368 g/mol. The van der Waals surface area contributed by atoms with E-state index in [0.717, 1.165) is 12.2 Å². The molecule has 0 spiro atoms. The average Bonchev–Trinajstić information content (AvgIpc) is 3.24. The molecule has 0 radical (unpaired) electrons. The number of aromatic nitrogens is 2. The second kappa shape index (κ2) is 8.24. The highest BCUT2D eigenvalue weighted by Gasteiger charge is 2.39. The summed E-state index contributed by atoms with van der Waals surface area (Å²) in [6.07, 6.45) is 5.32. The van der Waals surface area contributed by atoms with Crippen LogP contribution >= 0.6 is 0 Å². The minimum absolute atomic E-state index is 0.155. The highest BCUT2D eigenvalue weighted by molar-refractivity contribution is 5.51. The minimum Gasteiger partial charge on any atom is -0.396 e. The van der Waals surface area contributed by atoms with Crippen LogP contribution in [0.2, 0.25) is 0 Å². The van der Waals surface area contributed by atoms with E-state index in [0.29, 0.717) is 6.42 Å². The highest BCUT2D eigenvalue weighted by atomic mass is 16.2. The third kappa shape index (κ3) is 3.14. The molecule has 0 aliphatic rings. The van der Waals surface area contributed by atoms with Gasteiger partial charge in [-0.25, -0.2) is 4.98 Å². The van der Waals surface area contributed by atoms with Gasteiger partial charge in [-0.1, -0.05) is 91.0 Å². The third-order valence-corrected chi connectivity index (χ3v) is 5.21. The zero-order valence-electron chi connectivity index (χ0n) is 15.8. The van der Waals surface area contributed by atoms with E-state index in [4.69, 9.17) is 0 Å². The second-order valence-electron chi connectivity index (χ2n) is 6.85. The van der Waals surface area contributed by atoms with Crippen LogP contribution < -0.4 is 0 Å². The Morgan fingerprint density at radius 1 is 0.714 bits per heavy atom. The summed E-state index contributed by atoms with van der Waals surface area (Å²) in [7, 11) is 0. The van der Waals surface area contributed by atoms with Gasteiger partial charge in [-0.05, 0) is 23.1 Å². The van der Waals surface area contributed by atoms with E-state index in [1.807, 2.05) is 24.4 Å². The normalized spacial score (nSPS) is 11.5. The van der Waals surface area contributed by atoms with Gasteiger partial charge >= 0.3 is 0 Å². The molecule has 0 saturated heterocycles. The van der Waals surface area contributed by atoms with E-state index in [-0.39, 0.29) is 6.61 Å². The number of aliphatic hydroxyl groups is 1. The Morgan fingerprint density at radius 3 is 1.61 bits per heavy atom. The van der Waals surface area contributed by atoms with Crippen LogP contribution in [-0.2, 0) is 12.0 Å². The number of hydrogen-bond acceptors (Lipinski definition) is 2. The zero-order chi connectivity index (χ0) is 19.2. The molecule has 1 heterocycles. The predicted octanol–water partition coefficient (Wildman–Crippen LogP) is 4.65. The highest BCUT2D eigenvalue weighted by Crippen LogP contribution is 2.41. The van der Waals surface area contributed by atoms with Crippen LogP contribution in [0.4, 0.5) is 0 Å². The summed E-state index contributed by atoms with van der Waals surface area (Å²) in [5, 5.41) is 9.37. The van der Waals surface area contributed by atoms with E-state index >= 15 is 0 Å². The molecule has 0 aliphatic heterocycles. The fraction of sp³-hybridized carbons (Fsp3) is 0.160. The maximum absolute atomic E-state index is 9.37. The van der Waals surface area contributed by atoms with Gasteiger partial charge in [-0.15, -0.1) is 0 Å². The second-order valence-corrected chi connectivity index (χ2v) is 6.85. The molecule has 3 nitrogen and oxygen atoms in total. The summed E-state index contributed by atoms with van der Waals surface area (Å²) in [5.74, 6) is 0.964. The standard InChI is InChI=1S/C25H24N2O/c28-20-10-17-24-26-18-19-27(24)25(21-11-4-1-5-12-21,22-13-6-2-7-14-22)23-15-8-3-9-16-23/h1-9,11-16,18-19,28H,10,17,20H2. The number of rotatable bonds is 7. The molecule has 3 aromatic carbocycles. The lowest BCUT2D eigenvalue weighted by molar-refractivity contribution is 0.286. The number of benzene rings is 3. The van der Waals surface area contributed by atoms with E-state index in [9.17, 15) is 5.11 Å². The molecule has 28 heavy (non-hydrogen) atoms. The van der Waals surface area contributed by atoms with Crippen molar-refractivity contribution in [2.75, 3.05) is 6.61 Å². The molecule has 1 aromatic heterocycles. The third-order valence-electron chi connectivity index (χ3n) is 5.21. The van der Waals surface area contributed by atoms with Crippen LogP contribution in [0, 0.1) is 0 Å². The monoisotopic (exact) mass is 368 g/mol. The van der Waals surface area contributed by atoms with Gasteiger partial charge in [0, 0.05) is 25.4 Å². The van der Waals surface area contributed by atoms with Crippen LogP contribution in [0.1, 0.15) is 28.9 Å². The predicted molar refractivity (Wildman–Crippen MR) is 112 cm³/mol. The summed E-state index contributed by atoms with van der Waals surface area (Å²) >= 11 is 0. The van der Waals surface area contributed by atoms with Crippen LogP contribution in [0.5, 0.6) is 0 Å². The van der Waals surface area contributed by atoms with Gasteiger partial charge in [-0.3, -0.25) is 0 Å². The molecule has 0 saturated carbocycles. The van der Waals surface area contributed by atoms with E-state index in [1.165, 1.54) is 16.7 Å². The smallest absolute Gasteiger partial charge is 0.121 e. The van der Waals surface area contributed by atoms with Gasteiger partial charge in [0.15, 0.2) is 0 Å². The topological polar surface area (TPSA) is 38.1 Å². The Balaban J connectivity index is 2.07. The van der Waals surface area contributed by atoms with Crippen LogP contribution in [0.25, 0.3) is 0 Å². The fourth-order valence-electron chi connectivity index (χ4n) is 4.02. The lowest BCUT2D eigenvalue weighted by atomic mass is 9.76. The van der Waals surface area contributed by atoms with Gasteiger partial charge in [0.2, 0.25) is 0 Å². The molecular weight excluding hydrogens is 344 g/mol. The van der Waals surface area contributed by atoms with Gasteiger partial charge < -0.3 is 9.67 Å². The Bertz CT molecular complexity index is 898.